The Balaban J connectivity index is 2.76. The predicted octanol–water partition coefficient (Wildman–Crippen LogP) is 1.47. The van der Waals surface area contributed by atoms with Crippen LogP contribution in [-0.4, -0.2) is 38.0 Å². The zero-order valence-electron chi connectivity index (χ0n) is 12.5. The molecule has 0 amide bonds. The van der Waals surface area contributed by atoms with Crippen LogP contribution in [0.4, 0.5) is 0 Å². The lowest BCUT2D eigenvalue weighted by Crippen LogP contribution is -2.49. The average molecular weight is 310 g/mol. The van der Waals surface area contributed by atoms with Gasteiger partial charge in [0.1, 0.15) is 0 Å². The average Bonchev–Trinajstić information content (AvgIpc) is 2.52. The van der Waals surface area contributed by atoms with Crippen molar-refractivity contribution in [2.45, 2.75) is 37.1 Å². The van der Waals surface area contributed by atoms with E-state index in [1.165, 1.54) is 12.1 Å². The highest BCUT2D eigenvalue weighted by Gasteiger charge is 2.25. The van der Waals surface area contributed by atoms with E-state index in [2.05, 4.69) is 5.32 Å². The van der Waals surface area contributed by atoms with Crippen molar-refractivity contribution in [3.05, 3.63) is 29.8 Å². The number of nitriles is 1. The van der Waals surface area contributed by atoms with Gasteiger partial charge in [0, 0.05) is 12.1 Å². The van der Waals surface area contributed by atoms with Crippen LogP contribution < -0.4 is 5.32 Å². The third kappa shape index (κ3) is 4.53. The summed E-state index contributed by atoms with van der Waals surface area (Å²) in [6.07, 6.45) is 1.45. The first-order chi connectivity index (χ1) is 9.93. The Bertz CT molecular complexity index is 593. The quantitative estimate of drug-likeness (QED) is 0.759. The molecule has 6 heteroatoms. The summed E-state index contributed by atoms with van der Waals surface area (Å²) in [5.74, 6) is -0.0658. The first-order valence-electron chi connectivity index (χ1n) is 7.02. The van der Waals surface area contributed by atoms with Crippen molar-refractivity contribution >= 4 is 9.84 Å². The first kappa shape index (κ1) is 17.6. The number of hydrogen-bond donors (Lipinski definition) is 2. The Labute approximate surface area is 126 Å². The lowest BCUT2D eigenvalue weighted by molar-refractivity contribution is 0.153. The fourth-order valence-corrected chi connectivity index (χ4v) is 3.31. The highest BCUT2D eigenvalue weighted by atomic mass is 32.2. The molecule has 0 atom stereocenters. The van der Waals surface area contributed by atoms with Gasteiger partial charge in [-0.15, -0.1) is 0 Å². The molecule has 0 heterocycles. The lowest BCUT2D eigenvalue weighted by Gasteiger charge is -2.30. The van der Waals surface area contributed by atoms with E-state index in [0.29, 0.717) is 5.56 Å². The number of nitrogens with zero attached hydrogens (tertiary/aromatic N) is 1. The zero-order valence-corrected chi connectivity index (χ0v) is 13.3. The summed E-state index contributed by atoms with van der Waals surface area (Å²) in [6, 6.07) is 7.95. The highest BCUT2D eigenvalue weighted by molar-refractivity contribution is 7.91. The molecule has 116 valence electrons. The van der Waals surface area contributed by atoms with Crippen molar-refractivity contribution in [2.24, 2.45) is 0 Å². The molecule has 0 unspecified atom stereocenters. The highest BCUT2D eigenvalue weighted by Crippen LogP contribution is 2.15. The van der Waals surface area contributed by atoms with E-state index >= 15 is 0 Å². The molecule has 1 aromatic carbocycles. The van der Waals surface area contributed by atoms with Gasteiger partial charge in [0.25, 0.3) is 0 Å². The molecule has 0 aliphatic rings. The Hall–Kier alpha value is -1.42. The van der Waals surface area contributed by atoms with Gasteiger partial charge in [-0.25, -0.2) is 8.42 Å². The summed E-state index contributed by atoms with van der Waals surface area (Å²) in [5.41, 5.74) is -0.0971. The minimum atomic E-state index is -3.44. The van der Waals surface area contributed by atoms with Crippen molar-refractivity contribution in [1.82, 2.24) is 5.32 Å². The second-order valence-electron chi connectivity index (χ2n) is 5.03. The third-order valence-corrected chi connectivity index (χ3v) is 5.56. The third-order valence-electron chi connectivity index (χ3n) is 3.85. The second-order valence-corrected chi connectivity index (χ2v) is 7.14. The summed E-state index contributed by atoms with van der Waals surface area (Å²) < 4.78 is 24.5. The fraction of sp³-hybridized carbons (Fsp3) is 0.533. The number of sulfone groups is 1. The minimum absolute atomic E-state index is 0.0238. The van der Waals surface area contributed by atoms with E-state index in [1.54, 1.807) is 12.1 Å². The van der Waals surface area contributed by atoms with Gasteiger partial charge in [-0.3, -0.25) is 0 Å². The fourth-order valence-electron chi connectivity index (χ4n) is 2.11. The van der Waals surface area contributed by atoms with Crippen molar-refractivity contribution in [3.63, 3.8) is 0 Å². The predicted molar refractivity (Wildman–Crippen MR) is 81.6 cm³/mol. The normalized spacial score (nSPS) is 12.1. The number of aliphatic hydroxyl groups excluding tert-OH is 1. The van der Waals surface area contributed by atoms with Gasteiger partial charge < -0.3 is 10.4 Å². The molecule has 0 bridgehead atoms. The van der Waals surface area contributed by atoms with Crippen LogP contribution in [0.15, 0.2) is 29.2 Å². The van der Waals surface area contributed by atoms with E-state index in [-0.39, 0.29) is 23.8 Å². The summed E-state index contributed by atoms with van der Waals surface area (Å²) in [5, 5.41) is 21.4. The molecule has 21 heavy (non-hydrogen) atoms. The van der Waals surface area contributed by atoms with Gasteiger partial charge in [0.05, 0.1) is 28.9 Å². The molecule has 0 aromatic heterocycles. The van der Waals surface area contributed by atoms with Gasteiger partial charge in [0.15, 0.2) is 9.84 Å². The molecule has 1 aromatic rings. The smallest absolute Gasteiger partial charge is 0.179 e. The first-order valence-corrected chi connectivity index (χ1v) is 8.67. The van der Waals surface area contributed by atoms with Crippen LogP contribution in [0.25, 0.3) is 0 Å². The van der Waals surface area contributed by atoms with Crippen LogP contribution in [0.2, 0.25) is 0 Å². The Morgan fingerprint density at radius 2 is 2.00 bits per heavy atom. The van der Waals surface area contributed by atoms with Crippen LogP contribution in [-0.2, 0) is 9.84 Å². The molecule has 0 fully saturated rings. The van der Waals surface area contributed by atoms with Crippen molar-refractivity contribution < 1.29 is 13.5 Å². The molecular weight excluding hydrogens is 288 g/mol. The Kier molecular flexibility index (Phi) is 6.34. The van der Waals surface area contributed by atoms with Gasteiger partial charge in [-0.2, -0.15) is 5.26 Å². The van der Waals surface area contributed by atoms with E-state index in [4.69, 9.17) is 5.26 Å². The lowest BCUT2D eigenvalue weighted by atomic mass is 9.94. The summed E-state index contributed by atoms with van der Waals surface area (Å²) >= 11 is 0. The maximum absolute atomic E-state index is 12.2. The molecule has 1 rings (SSSR count). The molecule has 0 aliphatic carbocycles. The van der Waals surface area contributed by atoms with Crippen LogP contribution in [0.1, 0.15) is 32.3 Å². The molecule has 0 saturated heterocycles. The van der Waals surface area contributed by atoms with Gasteiger partial charge in [-0.1, -0.05) is 19.9 Å². The summed E-state index contributed by atoms with van der Waals surface area (Å²) in [4.78, 5) is 0.158. The molecule has 0 radical (unpaired) electrons. The zero-order chi connectivity index (χ0) is 15.9. The van der Waals surface area contributed by atoms with Crippen LogP contribution in [0.3, 0.4) is 0 Å². The topological polar surface area (TPSA) is 90.2 Å². The second kappa shape index (κ2) is 7.55. The minimum Gasteiger partial charge on any atom is -0.394 e. The van der Waals surface area contributed by atoms with E-state index in [1.807, 2.05) is 19.9 Å². The summed E-state index contributed by atoms with van der Waals surface area (Å²) in [6.45, 7) is 4.15. The van der Waals surface area contributed by atoms with Gasteiger partial charge >= 0.3 is 0 Å². The molecule has 0 aliphatic heterocycles. The van der Waals surface area contributed by atoms with E-state index in [9.17, 15) is 13.5 Å². The van der Waals surface area contributed by atoms with E-state index in [0.717, 1.165) is 12.8 Å². The van der Waals surface area contributed by atoms with Crippen molar-refractivity contribution in [1.29, 1.82) is 5.26 Å². The molecule has 0 saturated carbocycles. The number of nitrogens with one attached hydrogen (secondary N) is 1. The molecule has 5 nitrogen and oxygen atoms in total. The molecular formula is C15H22N2O3S. The Morgan fingerprint density at radius 3 is 2.52 bits per heavy atom. The van der Waals surface area contributed by atoms with Gasteiger partial charge in [0.2, 0.25) is 0 Å². The number of benzene rings is 1. The maximum Gasteiger partial charge on any atom is 0.179 e. The number of rotatable bonds is 8. The van der Waals surface area contributed by atoms with Gasteiger partial charge in [-0.05, 0) is 31.0 Å². The SMILES string of the molecule is CCC(CC)(CO)NCCS(=O)(=O)c1cccc(C#N)c1. The monoisotopic (exact) mass is 310 g/mol. The number of aliphatic hydroxyl groups is 1. The summed E-state index contributed by atoms with van der Waals surface area (Å²) in [7, 11) is -3.44. The maximum atomic E-state index is 12.2. The van der Waals surface area contributed by atoms with Crippen LogP contribution in [0, 0.1) is 11.3 Å². The van der Waals surface area contributed by atoms with Crippen molar-refractivity contribution in [2.75, 3.05) is 18.9 Å². The number of hydrogen-bond acceptors (Lipinski definition) is 5. The molecule has 0 spiro atoms. The van der Waals surface area contributed by atoms with Crippen molar-refractivity contribution in [3.8, 4) is 6.07 Å². The molecule has 2 N–H and O–H groups in total. The Morgan fingerprint density at radius 1 is 1.33 bits per heavy atom. The van der Waals surface area contributed by atoms with Crippen LogP contribution >= 0.6 is 0 Å². The standard InChI is InChI=1S/C15H22N2O3S/c1-3-15(4-2,12-18)17-8-9-21(19,20)14-7-5-6-13(10-14)11-16/h5-7,10,17-18H,3-4,8-9,12H2,1-2H3. The van der Waals surface area contributed by atoms with Crippen LogP contribution in [0.5, 0.6) is 0 Å². The largest absolute Gasteiger partial charge is 0.394 e. The van der Waals surface area contributed by atoms with E-state index < -0.39 is 15.4 Å².